The van der Waals surface area contributed by atoms with Crippen molar-refractivity contribution in [1.82, 2.24) is 25.0 Å². The molecule has 0 amide bonds. The molecule has 3 heterocycles. The van der Waals surface area contributed by atoms with Crippen molar-refractivity contribution in [3.05, 3.63) is 12.4 Å². The normalized spacial score (nSPS) is 21.0. The van der Waals surface area contributed by atoms with Gasteiger partial charge in [0.15, 0.2) is 11.5 Å². The van der Waals surface area contributed by atoms with Gasteiger partial charge in [-0.25, -0.2) is 0 Å². The van der Waals surface area contributed by atoms with Crippen LogP contribution in [0.3, 0.4) is 0 Å². The topological polar surface area (TPSA) is 68.4 Å². The maximum Gasteiger partial charge on any atom is 0.199 e. The van der Waals surface area contributed by atoms with E-state index in [1.807, 2.05) is 0 Å². The van der Waals surface area contributed by atoms with E-state index in [2.05, 4.69) is 41.3 Å². The van der Waals surface area contributed by atoms with Crippen molar-refractivity contribution in [3.63, 3.8) is 0 Å². The van der Waals surface area contributed by atoms with E-state index in [9.17, 15) is 0 Å². The van der Waals surface area contributed by atoms with Gasteiger partial charge in [0.25, 0.3) is 0 Å². The number of alkyl halides is 1. The van der Waals surface area contributed by atoms with Crippen LogP contribution in [0.1, 0.15) is 0 Å². The van der Waals surface area contributed by atoms with Crippen LogP contribution >= 0.6 is 15.9 Å². The fourth-order valence-corrected chi connectivity index (χ4v) is 2.48. The van der Waals surface area contributed by atoms with E-state index >= 15 is 0 Å². The number of tetrazole rings is 1. The molecule has 0 radical (unpaired) electrons. The molecule has 1 fully saturated rings. The predicted octanol–water partition coefficient (Wildman–Crippen LogP) is 0.119. The summed E-state index contributed by atoms with van der Waals surface area (Å²) in [4.78, 5) is 6.38. The first kappa shape index (κ1) is 10.8. The lowest BCUT2D eigenvalue weighted by Gasteiger charge is -2.35. The number of hydrogen-bond donors (Lipinski definition) is 0. The van der Waals surface area contributed by atoms with Crippen molar-refractivity contribution in [1.29, 1.82) is 0 Å². The molecule has 1 aliphatic heterocycles. The molecule has 8 heteroatoms. The standard InChI is InChI=1S/C9H11BrN6O/c10-3-7-6-17-2-1-15(7)9-5-11-4-8-12-13-14-16(8)9/h4-5,7H,1-3,6H2. The second kappa shape index (κ2) is 4.53. The molecule has 1 saturated heterocycles. The van der Waals surface area contributed by atoms with Crippen LogP contribution in [0, 0.1) is 0 Å². The summed E-state index contributed by atoms with van der Waals surface area (Å²) < 4.78 is 7.17. The summed E-state index contributed by atoms with van der Waals surface area (Å²) in [6, 6.07) is 0.278. The Morgan fingerprint density at radius 2 is 2.41 bits per heavy atom. The molecule has 2 aromatic heterocycles. The quantitative estimate of drug-likeness (QED) is 0.734. The van der Waals surface area contributed by atoms with Crippen molar-refractivity contribution in [2.75, 3.05) is 30.0 Å². The second-order valence-electron chi connectivity index (χ2n) is 3.79. The van der Waals surface area contributed by atoms with E-state index in [0.29, 0.717) is 18.9 Å². The molecule has 3 rings (SSSR count). The molecule has 1 atom stereocenters. The van der Waals surface area contributed by atoms with Crippen molar-refractivity contribution >= 4 is 27.4 Å². The van der Waals surface area contributed by atoms with Crippen LogP contribution in [0.15, 0.2) is 12.4 Å². The van der Waals surface area contributed by atoms with Gasteiger partial charge in [-0.2, -0.15) is 4.52 Å². The number of halogens is 1. The number of fused-ring (bicyclic) bond motifs is 1. The van der Waals surface area contributed by atoms with Crippen LogP contribution in [0.25, 0.3) is 5.65 Å². The molecule has 7 nitrogen and oxygen atoms in total. The number of nitrogens with zero attached hydrogens (tertiary/aromatic N) is 6. The molecule has 90 valence electrons. The first-order valence-electron chi connectivity index (χ1n) is 5.32. The van der Waals surface area contributed by atoms with Gasteiger partial charge in [-0.3, -0.25) is 4.98 Å². The van der Waals surface area contributed by atoms with Crippen molar-refractivity contribution < 1.29 is 4.74 Å². The molecular weight excluding hydrogens is 288 g/mol. The Balaban J connectivity index is 2.04. The van der Waals surface area contributed by atoms with Crippen molar-refractivity contribution in [2.45, 2.75) is 6.04 Å². The Hall–Kier alpha value is -1.28. The van der Waals surface area contributed by atoms with E-state index in [1.165, 1.54) is 0 Å². The highest BCUT2D eigenvalue weighted by atomic mass is 79.9. The molecule has 0 spiro atoms. The second-order valence-corrected chi connectivity index (χ2v) is 4.44. The Morgan fingerprint density at radius 1 is 1.47 bits per heavy atom. The van der Waals surface area contributed by atoms with E-state index < -0.39 is 0 Å². The molecule has 0 bridgehead atoms. The highest BCUT2D eigenvalue weighted by molar-refractivity contribution is 9.09. The third-order valence-electron chi connectivity index (χ3n) is 2.79. The van der Waals surface area contributed by atoms with Crippen LogP contribution < -0.4 is 4.90 Å². The number of hydrogen-bond acceptors (Lipinski definition) is 6. The van der Waals surface area contributed by atoms with Crippen LogP contribution in [0.5, 0.6) is 0 Å². The molecule has 1 unspecified atom stereocenters. The van der Waals surface area contributed by atoms with Crippen LogP contribution in [-0.4, -0.2) is 56.2 Å². The van der Waals surface area contributed by atoms with Gasteiger partial charge in [0.1, 0.15) is 0 Å². The molecule has 1 aliphatic rings. The first-order chi connectivity index (χ1) is 8.40. The van der Waals surface area contributed by atoms with E-state index in [4.69, 9.17) is 4.74 Å². The summed E-state index contributed by atoms with van der Waals surface area (Å²) in [6.07, 6.45) is 3.43. The molecule has 2 aromatic rings. The fourth-order valence-electron chi connectivity index (χ4n) is 1.94. The zero-order valence-electron chi connectivity index (χ0n) is 9.03. The van der Waals surface area contributed by atoms with E-state index in [-0.39, 0.29) is 6.04 Å². The SMILES string of the molecule is BrCC1COCCN1c1cncc2nnnn12. The number of anilines is 1. The molecule has 0 N–H and O–H groups in total. The summed E-state index contributed by atoms with van der Waals surface area (Å²) >= 11 is 3.50. The Labute approximate surface area is 106 Å². The average Bonchev–Trinajstić information content (AvgIpc) is 2.86. The largest absolute Gasteiger partial charge is 0.377 e. The third kappa shape index (κ3) is 1.87. The van der Waals surface area contributed by atoms with Gasteiger partial charge in [-0.05, 0) is 10.4 Å². The third-order valence-corrected chi connectivity index (χ3v) is 3.54. The maximum absolute atomic E-state index is 5.47. The number of ether oxygens (including phenoxy) is 1. The Morgan fingerprint density at radius 3 is 3.29 bits per heavy atom. The van der Waals surface area contributed by atoms with Gasteiger partial charge in [0, 0.05) is 11.9 Å². The van der Waals surface area contributed by atoms with Crippen LogP contribution in [0.2, 0.25) is 0 Å². The minimum absolute atomic E-state index is 0.278. The highest BCUT2D eigenvalue weighted by Crippen LogP contribution is 2.19. The lowest BCUT2D eigenvalue weighted by Crippen LogP contribution is -2.47. The summed E-state index contributed by atoms with van der Waals surface area (Å²) in [5.74, 6) is 0.903. The average molecular weight is 299 g/mol. The van der Waals surface area contributed by atoms with Gasteiger partial charge in [-0.1, -0.05) is 15.9 Å². The van der Waals surface area contributed by atoms with Gasteiger partial charge in [0.05, 0.1) is 31.6 Å². The number of rotatable bonds is 2. The Bertz CT molecular complexity index is 517. The van der Waals surface area contributed by atoms with Gasteiger partial charge < -0.3 is 9.64 Å². The smallest absolute Gasteiger partial charge is 0.199 e. The maximum atomic E-state index is 5.47. The van der Waals surface area contributed by atoms with Gasteiger partial charge in [-0.15, -0.1) is 5.10 Å². The monoisotopic (exact) mass is 298 g/mol. The number of morpholine rings is 1. The van der Waals surface area contributed by atoms with Crippen molar-refractivity contribution in [2.24, 2.45) is 0 Å². The summed E-state index contributed by atoms with van der Waals surface area (Å²) in [5, 5.41) is 12.4. The zero-order valence-corrected chi connectivity index (χ0v) is 10.6. The predicted molar refractivity (Wildman–Crippen MR) is 64.3 cm³/mol. The summed E-state index contributed by atoms with van der Waals surface area (Å²) in [7, 11) is 0. The molecular formula is C9H11BrN6O. The summed E-state index contributed by atoms with van der Waals surface area (Å²) in [5.41, 5.74) is 0.655. The molecule has 17 heavy (non-hydrogen) atoms. The van der Waals surface area contributed by atoms with Crippen molar-refractivity contribution in [3.8, 4) is 0 Å². The minimum atomic E-state index is 0.278. The molecule has 0 aliphatic carbocycles. The minimum Gasteiger partial charge on any atom is -0.377 e. The van der Waals surface area contributed by atoms with Gasteiger partial charge >= 0.3 is 0 Å². The lowest BCUT2D eigenvalue weighted by atomic mass is 10.2. The van der Waals surface area contributed by atoms with Crippen LogP contribution in [-0.2, 0) is 4.74 Å². The van der Waals surface area contributed by atoms with E-state index in [1.54, 1.807) is 16.9 Å². The van der Waals surface area contributed by atoms with Gasteiger partial charge in [0.2, 0.25) is 0 Å². The summed E-state index contributed by atoms with van der Waals surface area (Å²) in [6.45, 7) is 2.22. The number of aromatic nitrogens is 5. The lowest BCUT2D eigenvalue weighted by molar-refractivity contribution is 0.0997. The molecule has 0 aromatic carbocycles. The highest BCUT2D eigenvalue weighted by Gasteiger charge is 2.24. The zero-order chi connectivity index (χ0) is 11.7. The Kier molecular flexibility index (Phi) is 2.89. The fraction of sp³-hybridized carbons (Fsp3) is 0.556. The molecule has 0 saturated carbocycles. The first-order valence-corrected chi connectivity index (χ1v) is 6.45. The van der Waals surface area contributed by atoms with Crippen LogP contribution in [0.4, 0.5) is 5.82 Å². The van der Waals surface area contributed by atoms with E-state index in [0.717, 1.165) is 17.7 Å².